The molecule has 3 rings (SSSR count). The number of nitrogens with two attached hydrogens (primary N) is 1. The topological polar surface area (TPSA) is 60.0 Å². The zero-order valence-corrected chi connectivity index (χ0v) is 12.0. The number of carbonyl (C=O) groups is 1. The van der Waals surface area contributed by atoms with Crippen LogP contribution in [0.5, 0.6) is 0 Å². The predicted molar refractivity (Wildman–Crippen MR) is 84.1 cm³/mol. The minimum Gasteiger partial charge on any atom is -0.341 e. The number of nitrogens with one attached hydrogen (secondary N) is 1. The third kappa shape index (κ3) is 2.51. The summed E-state index contributed by atoms with van der Waals surface area (Å²) < 4.78 is 2.03. The number of hydrazine groups is 1. The first-order chi connectivity index (χ1) is 10.2. The number of nitrogen functional groups attached to an aromatic ring is 1. The van der Waals surface area contributed by atoms with Crippen molar-refractivity contribution in [2.24, 2.45) is 5.84 Å². The maximum atomic E-state index is 11.8. The van der Waals surface area contributed by atoms with E-state index in [1.165, 1.54) is 0 Å². The third-order valence-electron chi connectivity index (χ3n) is 3.47. The highest BCUT2D eigenvalue weighted by Gasteiger charge is 2.12. The first-order valence-corrected chi connectivity index (χ1v) is 6.90. The largest absolute Gasteiger partial charge is 0.341 e. The Morgan fingerprint density at radius 3 is 2.67 bits per heavy atom. The van der Waals surface area contributed by atoms with E-state index in [-0.39, 0.29) is 5.91 Å². The number of amides is 1. The molecular formula is C16H14ClN3O. The summed E-state index contributed by atoms with van der Waals surface area (Å²) in [7, 11) is 0. The SMILES string of the molecule is NNC(=O)c1ccccc1Cn1cc(Cl)c2ccccc21. The first-order valence-electron chi connectivity index (χ1n) is 6.53. The van der Waals surface area contributed by atoms with Crippen molar-refractivity contribution in [1.82, 2.24) is 9.99 Å². The third-order valence-corrected chi connectivity index (χ3v) is 3.77. The van der Waals surface area contributed by atoms with Crippen LogP contribution >= 0.6 is 11.6 Å². The number of benzene rings is 2. The van der Waals surface area contributed by atoms with Gasteiger partial charge >= 0.3 is 0 Å². The van der Waals surface area contributed by atoms with Crippen LogP contribution in [0.25, 0.3) is 10.9 Å². The van der Waals surface area contributed by atoms with Crippen molar-refractivity contribution in [2.75, 3.05) is 0 Å². The monoisotopic (exact) mass is 299 g/mol. The maximum Gasteiger partial charge on any atom is 0.265 e. The molecule has 4 nitrogen and oxygen atoms in total. The molecule has 0 aliphatic carbocycles. The van der Waals surface area contributed by atoms with E-state index < -0.39 is 0 Å². The molecule has 106 valence electrons. The summed E-state index contributed by atoms with van der Waals surface area (Å²) in [6, 6.07) is 15.3. The van der Waals surface area contributed by atoms with Crippen LogP contribution in [0.15, 0.2) is 54.7 Å². The zero-order chi connectivity index (χ0) is 14.8. The van der Waals surface area contributed by atoms with Gasteiger partial charge in [-0.3, -0.25) is 10.2 Å². The summed E-state index contributed by atoms with van der Waals surface area (Å²) in [5, 5.41) is 1.70. The van der Waals surface area contributed by atoms with Gasteiger partial charge in [-0.25, -0.2) is 5.84 Å². The summed E-state index contributed by atoms with van der Waals surface area (Å²) in [5.74, 6) is 4.94. The molecule has 0 radical (unpaired) electrons. The van der Waals surface area contributed by atoms with Gasteiger partial charge in [-0.2, -0.15) is 0 Å². The zero-order valence-electron chi connectivity index (χ0n) is 11.2. The summed E-state index contributed by atoms with van der Waals surface area (Å²) in [6.45, 7) is 0.552. The summed E-state index contributed by atoms with van der Waals surface area (Å²) in [4.78, 5) is 11.8. The molecule has 0 atom stereocenters. The molecule has 0 aliphatic rings. The predicted octanol–water partition coefficient (Wildman–Crippen LogP) is 2.95. The molecule has 0 unspecified atom stereocenters. The molecule has 3 N–H and O–H groups in total. The van der Waals surface area contributed by atoms with Crippen LogP contribution in [0.3, 0.4) is 0 Å². The molecule has 0 bridgehead atoms. The van der Waals surface area contributed by atoms with Gasteiger partial charge < -0.3 is 4.57 Å². The van der Waals surface area contributed by atoms with Crippen LogP contribution in [0.2, 0.25) is 5.02 Å². The molecule has 0 aliphatic heterocycles. The molecule has 5 heteroatoms. The number of carbonyl (C=O) groups excluding carboxylic acids is 1. The Morgan fingerprint density at radius 2 is 1.86 bits per heavy atom. The highest BCUT2D eigenvalue weighted by Crippen LogP contribution is 2.26. The van der Waals surface area contributed by atoms with Gasteiger partial charge in [-0.05, 0) is 17.7 Å². The second kappa shape index (κ2) is 5.60. The molecule has 1 amide bonds. The molecule has 21 heavy (non-hydrogen) atoms. The van der Waals surface area contributed by atoms with Crippen LogP contribution in [0.1, 0.15) is 15.9 Å². The lowest BCUT2D eigenvalue weighted by molar-refractivity contribution is 0.0952. The molecular weight excluding hydrogens is 286 g/mol. The number of hydrogen-bond donors (Lipinski definition) is 2. The number of fused-ring (bicyclic) bond motifs is 1. The lowest BCUT2D eigenvalue weighted by Gasteiger charge is -2.10. The van der Waals surface area contributed by atoms with Crippen LogP contribution in [-0.2, 0) is 6.54 Å². The average molecular weight is 300 g/mol. The molecule has 1 aromatic heterocycles. The lowest BCUT2D eigenvalue weighted by Crippen LogP contribution is -2.31. The van der Waals surface area contributed by atoms with Gasteiger partial charge in [0.05, 0.1) is 5.02 Å². The standard InChI is InChI=1S/C16H14ClN3O/c17-14-10-20(15-8-4-3-7-13(14)15)9-11-5-1-2-6-12(11)16(21)19-18/h1-8,10H,9,18H2,(H,19,21). The van der Waals surface area contributed by atoms with Gasteiger partial charge in [-0.15, -0.1) is 0 Å². The fraction of sp³-hybridized carbons (Fsp3) is 0.0625. The fourth-order valence-electron chi connectivity index (χ4n) is 2.47. The Hall–Kier alpha value is -2.30. The Labute approximate surface area is 127 Å². The Morgan fingerprint density at radius 1 is 1.14 bits per heavy atom. The first kappa shape index (κ1) is 13.7. The quantitative estimate of drug-likeness (QED) is 0.444. The van der Waals surface area contributed by atoms with Crippen LogP contribution in [-0.4, -0.2) is 10.5 Å². The van der Waals surface area contributed by atoms with Gasteiger partial charge in [0.25, 0.3) is 5.91 Å². The van der Waals surface area contributed by atoms with Crippen molar-refractivity contribution in [3.63, 3.8) is 0 Å². The average Bonchev–Trinajstić information content (AvgIpc) is 2.84. The number of hydrogen-bond acceptors (Lipinski definition) is 2. The minimum atomic E-state index is -0.298. The van der Waals surface area contributed by atoms with Crippen LogP contribution in [0.4, 0.5) is 0 Å². The molecule has 0 saturated heterocycles. The van der Waals surface area contributed by atoms with Crippen LogP contribution in [0, 0.1) is 0 Å². The van der Waals surface area contributed by atoms with Crippen molar-refractivity contribution in [3.05, 3.63) is 70.9 Å². The van der Waals surface area contributed by atoms with Crippen LogP contribution < -0.4 is 11.3 Å². The Balaban J connectivity index is 2.05. The fourth-order valence-corrected chi connectivity index (χ4v) is 2.75. The molecule has 0 fully saturated rings. The second-order valence-electron chi connectivity index (χ2n) is 4.75. The highest BCUT2D eigenvalue weighted by atomic mass is 35.5. The molecule has 3 aromatic rings. The van der Waals surface area contributed by atoms with Crippen molar-refractivity contribution < 1.29 is 4.79 Å². The number of para-hydroxylation sites is 1. The van der Waals surface area contributed by atoms with Crippen molar-refractivity contribution in [3.8, 4) is 0 Å². The van der Waals surface area contributed by atoms with E-state index in [0.717, 1.165) is 16.5 Å². The summed E-state index contributed by atoms with van der Waals surface area (Å²) >= 11 is 6.25. The lowest BCUT2D eigenvalue weighted by atomic mass is 10.1. The number of nitrogens with zero attached hydrogens (tertiary/aromatic N) is 1. The Kier molecular flexibility index (Phi) is 3.64. The Bertz CT molecular complexity index is 810. The van der Waals surface area contributed by atoms with Crippen molar-refractivity contribution in [2.45, 2.75) is 6.54 Å². The van der Waals surface area contributed by atoms with E-state index in [4.69, 9.17) is 17.4 Å². The highest BCUT2D eigenvalue weighted by molar-refractivity contribution is 6.35. The van der Waals surface area contributed by atoms with E-state index in [0.29, 0.717) is 17.1 Å². The van der Waals surface area contributed by atoms with E-state index in [9.17, 15) is 4.79 Å². The second-order valence-corrected chi connectivity index (χ2v) is 5.16. The van der Waals surface area contributed by atoms with Crippen molar-refractivity contribution >= 4 is 28.4 Å². The molecule has 2 aromatic carbocycles. The smallest absolute Gasteiger partial charge is 0.265 e. The number of aromatic nitrogens is 1. The van der Waals surface area contributed by atoms with E-state index in [1.54, 1.807) is 6.07 Å². The van der Waals surface area contributed by atoms with Gasteiger partial charge in [0, 0.05) is 29.2 Å². The molecule has 0 saturated carbocycles. The minimum absolute atomic E-state index is 0.298. The van der Waals surface area contributed by atoms with E-state index in [2.05, 4.69) is 5.43 Å². The van der Waals surface area contributed by atoms with Gasteiger partial charge in [-0.1, -0.05) is 48.0 Å². The summed E-state index contributed by atoms with van der Waals surface area (Å²) in [6.07, 6.45) is 1.88. The summed E-state index contributed by atoms with van der Waals surface area (Å²) in [5.41, 5.74) is 4.66. The van der Waals surface area contributed by atoms with Gasteiger partial charge in [0.2, 0.25) is 0 Å². The van der Waals surface area contributed by atoms with E-state index in [1.807, 2.05) is 53.2 Å². The number of rotatable bonds is 3. The van der Waals surface area contributed by atoms with Gasteiger partial charge in [0.15, 0.2) is 0 Å². The molecule has 0 spiro atoms. The number of halogens is 1. The normalized spacial score (nSPS) is 10.8. The van der Waals surface area contributed by atoms with E-state index >= 15 is 0 Å². The maximum absolute atomic E-state index is 11.8. The van der Waals surface area contributed by atoms with Gasteiger partial charge in [0.1, 0.15) is 0 Å². The van der Waals surface area contributed by atoms with Crippen molar-refractivity contribution in [1.29, 1.82) is 0 Å². The molecule has 1 heterocycles.